The van der Waals surface area contributed by atoms with Crippen LogP contribution in [0.3, 0.4) is 0 Å². The SMILES string of the molecule is Cc1cccc(CN[C@H](CN2CCN(C)CC2)c2ccccc2)c1. The van der Waals surface area contributed by atoms with E-state index in [4.69, 9.17) is 0 Å². The van der Waals surface area contributed by atoms with E-state index >= 15 is 0 Å². The third kappa shape index (κ3) is 4.91. The number of likely N-dealkylation sites (N-methyl/N-ethyl adjacent to an activating group) is 1. The zero-order valence-corrected chi connectivity index (χ0v) is 14.9. The van der Waals surface area contributed by atoms with E-state index in [2.05, 4.69) is 83.7 Å². The second-order valence-corrected chi connectivity index (χ2v) is 6.94. The van der Waals surface area contributed by atoms with Gasteiger partial charge in [0.25, 0.3) is 0 Å². The predicted molar refractivity (Wildman–Crippen MR) is 101 cm³/mol. The van der Waals surface area contributed by atoms with Crippen molar-refractivity contribution in [3.05, 3.63) is 71.3 Å². The van der Waals surface area contributed by atoms with Gasteiger partial charge in [-0.25, -0.2) is 0 Å². The molecule has 0 unspecified atom stereocenters. The van der Waals surface area contributed by atoms with Crippen LogP contribution in [0.4, 0.5) is 0 Å². The molecule has 3 nitrogen and oxygen atoms in total. The van der Waals surface area contributed by atoms with Crippen LogP contribution in [0.15, 0.2) is 54.6 Å². The van der Waals surface area contributed by atoms with Gasteiger partial charge in [0.1, 0.15) is 0 Å². The molecule has 0 amide bonds. The van der Waals surface area contributed by atoms with Crippen LogP contribution in [0.1, 0.15) is 22.7 Å². The largest absolute Gasteiger partial charge is 0.305 e. The van der Waals surface area contributed by atoms with E-state index in [0.29, 0.717) is 6.04 Å². The number of hydrogen-bond donors (Lipinski definition) is 1. The number of benzene rings is 2. The summed E-state index contributed by atoms with van der Waals surface area (Å²) in [7, 11) is 2.21. The van der Waals surface area contributed by atoms with Gasteiger partial charge in [0.2, 0.25) is 0 Å². The summed E-state index contributed by atoms with van der Waals surface area (Å²) in [4.78, 5) is 5.00. The van der Waals surface area contributed by atoms with Crippen molar-refractivity contribution in [2.45, 2.75) is 19.5 Å². The van der Waals surface area contributed by atoms with Crippen molar-refractivity contribution < 1.29 is 0 Å². The lowest BCUT2D eigenvalue weighted by atomic mass is 10.0. The summed E-state index contributed by atoms with van der Waals surface area (Å²) in [6.45, 7) is 8.79. The van der Waals surface area contributed by atoms with Crippen molar-refractivity contribution in [1.29, 1.82) is 0 Å². The van der Waals surface area contributed by atoms with Crippen molar-refractivity contribution in [2.75, 3.05) is 39.8 Å². The zero-order valence-electron chi connectivity index (χ0n) is 14.9. The maximum absolute atomic E-state index is 3.78. The molecule has 0 aliphatic carbocycles. The predicted octanol–water partition coefficient (Wildman–Crippen LogP) is 3.07. The van der Waals surface area contributed by atoms with Gasteiger partial charge in [-0.1, -0.05) is 60.2 Å². The van der Waals surface area contributed by atoms with Crippen molar-refractivity contribution >= 4 is 0 Å². The Morgan fingerprint density at radius 3 is 2.42 bits per heavy atom. The highest BCUT2D eigenvalue weighted by atomic mass is 15.3. The monoisotopic (exact) mass is 323 g/mol. The number of nitrogens with one attached hydrogen (secondary N) is 1. The van der Waals surface area contributed by atoms with E-state index in [1.165, 1.54) is 29.8 Å². The Labute approximate surface area is 146 Å². The molecule has 0 bridgehead atoms. The van der Waals surface area contributed by atoms with Crippen LogP contribution in [0.5, 0.6) is 0 Å². The van der Waals surface area contributed by atoms with Crippen LogP contribution < -0.4 is 5.32 Å². The Morgan fingerprint density at radius 1 is 0.958 bits per heavy atom. The molecule has 1 atom stereocenters. The summed E-state index contributed by atoms with van der Waals surface area (Å²) in [5.41, 5.74) is 4.06. The number of piperazine rings is 1. The number of rotatable bonds is 6. The minimum absolute atomic E-state index is 0.370. The summed E-state index contributed by atoms with van der Waals surface area (Å²) < 4.78 is 0. The van der Waals surface area contributed by atoms with Crippen LogP contribution in [0.25, 0.3) is 0 Å². The van der Waals surface area contributed by atoms with Crippen LogP contribution in [0.2, 0.25) is 0 Å². The molecule has 128 valence electrons. The molecule has 1 saturated heterocycles. The summed E-state index contributed by atoms with van der Waals surface area (Å²) in [6, 6.07) is 20.0. The molecule has 1 aliphatic heterocycles. The fraction of sp³-hybridized carbons (Fsp3) is 0.429. The molecule has 1 fully saturated rings. The third-order valence-electron chi connectivity index (χ3n) is 4.87. The zero-order chi connectivity index (χ0) is 16.8. The Balaban J connectivity index is 1.66. The van der Waals surface area contributed by atoms with Gasteiger partial charge in [0, 0.05) is 45.3 Å². The van der Waals surface area contributed by atoms with E-state index in [1.807, 2.05) is 0 Å². The molecule has 24 heavy (non-hydrogen) atoms. The lowest BCUT2D eigenvalue weighted by molar-refractivity contribution is 0.142. The van der Waals surface area contributed by atoms with Crippen molar-refractivity contribution in [3.63, 3.8) is 0 Å². The van der Waals surface area contributed by atoms with Gasteiger partial charge in [-0.05, 0) is 25.1 Å². The number of aryl methyl sites for hydroxylation is 1. The van der Waals surface area contributed by atoms with E-state index in [1.54, 1.807) is 0 Å². The standard InChI is InChI=1S/C21H29N3/c1-18-7-6-8-19(15-18)16-22-21(20-9-4-3-5-10-20)17-24-13-11-23(2)12-14-24/h3-10,15,21-22H,11-14,16-17H2,1-2H3/t21-/m1/s1. The highest BCUT2D eigenvalue weighted by molar-refractivity contribution is 5.23. The third-order valence-corrected chi connectivity index (χ3v) is 4.87. The minimum Gasteiger partial charge on any atom is -0.305 e. The van der Waals surface area contributed by atoms with Gasteiger partial charge < -0.3 is 10.2 Å². The first kappa shape index (κ1) is 17.2. The van der Waals surface area contributed by atoms with Gasteiger partial charge >= 0.3 is 0 Å². The lowest BCUT2D eigenvalue weighted by Crippen LogP contribution is -2.47. The van der Waals surface area contributed by atoms with Gasteiger partial charge in [-0.2, -0.15) is 0 Å². The molecule has 3 heteroatoms. The molecule has 1 heterocycles. The summed E-state index contributed by atoms with van der Waals surface area (Å²) in [5.74, 6) is 0. The first-order valence-electron chi connectivity index (χ1n) is 8.95. The van der Waals surface area contributed by atoms with E-state index in [-0.39, 0.29) is 0 Å². The summed E-state index contributed by atoms with van der Waals surface area (Å²) >= 11 is 0. The molecular formula is C21H29N3. The van der Waals surface area contributed by atoms with Crippen molar-refractivity contribution in [1.82, 2.24) is 15.1 Å². The molecule has 1 N–H and O–H groups in total. The minimum atomic E-state index is 0.370. The molecule has 3 rings (SSSR count). The molecule has 0 aromatic heterocycles. The van der Waals surface area contributed by atoms with Gasteiger partial charge in [-0.15, -0.1) is 0 Å². The normalized spacial score (nSPS) is 17.8. The Morgan fingerprint density at radius 2 is 1.71 bits per heavy atom. The highest BCUT2D eigenvalue weighted by Gasteiger charge is 2.19. The molecule has 1 aliphatic rings. The van der Waals surface area contributed by atoms with E-state index in [9.17, 15) is 0 Å². The average molecular weight is 323 g/mol. The Bertz CT molecular complexity index is 618. The second kappa shape index (κ2) is 8.43. The molecule has 0 radical (unpaired) electrons. The quantitative estimate of drug-likeness (QED) is 0.881. The summed E-state index contributed by atoms with van der Waals surface area (Å²) in [6.07, 6.45) is 0. The fourth-order valence-corrected chi connectivity index (χ4v) is 3.32. The highest BCUT2D eigenvalue weighted by Crippen LogP contribution is 2.16. The number of nitrogens with zero attached hydrogens (tertiary/aromatic N) is 2. The smallest absolute Gasteiger partial charge is 0.0451 e. The molecular weight excluding hydrogens is 294 g/mol. The van der Waals surface area contributed by atoms with Crippen LogP contribution in [-0.4, -0.2) is 49.6 Å². The maximum atomic E-state index is 3.78. The van der Waals surface area contributed by atoms with Crippen molar-refractivity contribution in [2.24, 2.45) is 0 Å². The first-order chi connectivity index (χ1) is 11.7. The Kier molecular flexibility index (Phi) is 6.02. The molecule has 0 spiro atoms. The molecule has 2 aromatic carbocycles. The Hall–Kier alpha value is -1.68. The second-order valence-electron chi connectivity index (χ2n) is 6.94. The first-order valence-corrected chi connectivity index (χ1v) is 8.95. The average Bonchev–Trinajstić information content (AvgIpc) is 2.61. The molecule has 2 aromatic rings. The van der Waals surface area contributed by atoms with Crippen LogP contribution in [0, 0.1) is 6.92 Å². The van der Waals surface area contributed by atoms with Gasteiger partial charge in [0.05, 0.1) is 0 Å². The molecule has 0 saturated carbocycles. The van der Waals surface area contributed by atoms with Gasteiger partial charge in [0.15, 0.2) is 0 Å². The van der Waals surface area contributed by atoms with E-state index < -0.39 is 0 Å². The fourth-order valence-electron chi connectivity index (χ4n) is 3.32. The summed E-state index contributed by atoms with van der Waals surface area (Å²) in [5, 5.41) is 3.78. The number of hydrogen-bond acceptors (Lipinski definition) is 3. The topological polar surface area (TPSA) is 18.5 Å². The van der Waals surface area contributed by atoms with Crippen LogP contribution in [-0.2, 0) is 6.54 Å². The van der Waals surface area contributed by atoms with Crippen LogP contribution >= 0.6 is 0 Å². The van der Waals surface area contributed by atoms with E-state index in [0.717, 1.165) is 26.2 Å². The van der Waals surface area contributed by atoms with Crippen molar-refractivity contribution in [3.8, 4) is 0 Å². The van der Waals surface area contributed by atoms with Gasteiger partial charge in [-0.3, -0.25) is 4.90 Å². The lowest BCUT2D eigenvalue weighted by Gasteiger charge is -2.35. The maximum Gasteiger partial charge on any atom is 0.0451 e.